The van der Waals surface area contributed by atoms with Crippen molar-refractivity contribution in [1.82, 2.24) is 5.32 Å². The molecule has 5 heteroatoms. The van der Waals surface area contributed by atoms with Crippen molar-refractivity contribution in [2.45, 2.75) is 23.6 Å². The van der Waals surface area contributed by atoms with Crippen molar-refractivity contribution in [3.63, 3.8) is 0 Å². The molecule has 3 nitrogen and oxygen atoms in total. The second-order valence-electron chi connectivity index (χ2n) is 7.36. The number of nitrogens with one attached hydrogen (secondary N) is 1. The van der Waals surface area contributed by atoms with E-state index in [-0.39, 0.29) is 5.91 Å². The Hall–Kier alpha value is -2.56. The van der Waals surface area contributed by atoms with Crippen LogP contribution in [-0.2, 0) is 0 Å². The van der Waals surface area contributed by atoms with E-state index in [9.17, 15) is 4.79 Å². The van der Waals surface area contributed by atoms with Crippen LogP contribution in [-0.4, -0.2) is 18.2 Å². The molecular formula is C24H21ClN2OS. The first-order valence-electron chi connectivity index (χ1n) is 9.55. The average Bonchev–Trinajstić information content (AvgIpc) is 2.88. The molecule has 0 bridgehead atoms. The van der Waals surface area contributed by atoms with Crippen LogP contribution in [0.1, 0.15) is 35.3 Å². The molecule has 0 radical (unpaired) electrons. The normalized spacial score (nSPS) is 12.6. The monoisotopic (exact) mass is 420 g/mol. The van der Waals surface area contributed by atoms with Gasteiger partial charge in [0.25, 0.3) is 5.91 Å². The Balaban J connectivity index is 1.81. The van der Waals surface area contributed by atoms with Crippen molar-refractivity contribution in [1.29, 1.82) is 0 Å². The van der Waals surface area contributed by atoms with Crippen LogP contribution in [0.25, 0.3) is 0 Å². The van der Waals surface area contributed by atoms with Crippen LogP contribution in [0.3, 0.4) is 0 Å². The lowest BCUT2D eigenvalue weighted by Gasteiger charge is -2.09. The lowest BCUT2D eigenvalue weighted by Crippen LogP contribution is -2.27. The Bertz CT molecular complexity index is 1110. The Labute approximate surface area is 180 Å². The summed E-state index contributed by atoms with van der Waals surface area (Å²) in [6, 6.07) is 21.6. The topological polar surface area (TPSA) is 41.5 Å². The number of hydrogen-bond donors (Lipinski definition) is 1. The molecule has 1 N–H and O–H groups in total. The summed E-state index contributed by atoms with van der Waals surface area (Å²) < 4.78 is 0. The van der Waals surface area contributed by atoms with Crippen molar-refractivity contribution >= 4 is 40.7 Å². The van der Waals surface area contributed by atoms with Crippen LogP contribution >= 0.6 is 23.4 Å². The van der Waals surface area contributed by atoms with E-state index in [0.717, 1.165) is 32.3 Å². The third kappa shape index (κ3) is 4.39. The molecule has 1 aliphatic heterocycles. The number of carbonyl (C=O) groups excluding carboxylic acids is 1. The van der Waals surface area contributed by atoms with Crippen LogP contribution in [0.4, 0.5) is 5.69 Å². The summed E-state index contributed by atoms with van der Waals surface area (Å²) in [4.78, 5) is 19.7. The van der Waals surface area contributed by atoms with E-state index in [2.05, 4.69) is 31.3 Å². The van der Waals surface area contributed by atoms with Gasteiger partial charge in [-0.2, -0.15) is 0 Å². The lowest BCUT2D eigenvalue weighted by atomic mass is 10.0. The van der Waals surface area contributed by atoms with Crippen LogP contribution in [0, 0.1) is 5.92 Å². The third-order valence-corrected chi connectivity index (χ3v) is 5.96. The molecule has 1 amide bonds. The van der Waals surface area contributed by atoms with E-state index in [1.165, 1.54) is 0 Å². The van der Waals surface area contributed by atoms with Crippen molar-refractivity contribution < 1.29 is 4.79 Å². The maximum atomic E-state index is 12.6. The summed E-state index contributed by atoms with van der Waals surface area (Å²) in [7, 11) is 0. The summed E-state index contributed by atoms with van der Waals surface area (Å²) in [5.74, 6) is 0.324. The Kier molecular flexibility index (Phi) is 5.74. The number of rotatable bonds is 4. The van der Waals surface area contributed by atoms with Gasteiger partial charge in [-0.05, 0) is 42.3 Å². The first-order chi connectivity index (χ1) is 14.0. The predicted octanol–water partition coefficient (Wildman–Crippen LogP) is 6.36. The molecule has 1 aliphatic rings. The molecular weight excluding hydrogens is 400 g/mol. The zero-order valence-electron chi connectivity index (χ0n) is 16.3. The van der Waals surface area contributed by atoms with Crippen LogP contribution in [0.2, 0.25) is 5.02 Å². The Morgan fingerprint density at radius 1 is 1.03 bits per heavy atom. The molecule has 0 aromatic heterocycles. The van der Waals surface area contributed by atoms with Gasteiger partial charge in [-0.25, -0.2) is 4.99 Å². The number of hydrogen-bond acceptors (Lipinski definition) is 3. The standard InChI is InChI=1S/C24H21ClN2OS/c1-15(2)14-26-24(28)17-10-11-22-20(13-17)27-23(16-6-5-7-18(25)12-16)19-8-3-4-9-21(19)29-22/h3-13,15H,14H2,1-2H3,(H,26,28). The SMILES string of the molecule is CC(C)CNC(=O)c1ccc2c(c1)N=C(c1cccc(Cl)c1)c1ccccc1S2. The largest absolute Gasteiger partial charge is 0.352 e. The van der Waals surface area contributed by atoms with Gasteiger partial charge in [0.05, 0.1) is 11.4 Å². The second-order valence-corrected chi connectivity index (χ2v) is 8.88. The van der Waals surface area contributed by atoms with Crippen LogP contribution in [0.5, 0.6) is 0 Å². The van der Waals surface area contributed by atoms with E-state index in [1.54, 1.807) is 11.8 Å². The maximum absolute atomic E-state index is 12.6. The summed E-state index contributed by atoms with van der Waals surface area (Å²) in [6.07, 6.45) is 0. The van der Waals surface area contributed by atoms with Crippen molar-refractivity contribution in [3.8, 4) is 0 Å². The predicted molar refractivity (Wildman–Crippen MR) is 121 cm³/mol. The molecule has 1 heterocycles. The van der Waals surface area contributed by atoms with Gasteiger partial charge in [0.2, 0.25) is 0 Å². The highest BCUT2D eigenvalue weighted by molar-refractivity contribution is 7.99. The van der Waals surface area contributed by atoms with Crippen molar-refractivity contribution in [2.75, 3.05) is 6.54 Å². The zero-order chi connectivity index (χ0) is 20.4. The maximum Gasteiger partial charge on any atom is 0.251 e. The molecule has 3 aromatic carbocycles. The highest BCUT2D eigenvalue weighted by atomic mass is 35.5. The van der Waals surface area contributed by atoms with Gasteiger partial charge in [-0.15, -0.1) is 0 Å². The highest BCUT2D eigenvalue weighted by Crippen LogP contribution is 2.41. The number of fused-ring (bicyclic) bond motifs is 2. The van der Waals surface area contributed by atoms with E-state index >= 15 is 0 Å². The first kappa shape index (κ1) is 19.7. The molecule has 3 aromatic rings. The van der Waals surface area contributed by atoms with E-state index in [0.29, 0.717) is 23.0 Å². The van der Waals surface area contributed by atoms with Gasteiger partial charge >= 0.3 is 0 Å². The van der Waals surface area contributed by atoms with Gasteiger partial charge < -0.3 is 5.32 Å². The number of halogens is 1. The molecule has 146 valence electrons. The van der Waals surface area contributed by atoms with E-state index in [4.69, 9.17) is 16.6 Å². The van der Waals surface area contributed by atoms with Gasteiger partial charge in [0, 0.05) is 38.0 Å². The summed E-state index contributed by atoms with van der Waals surface area (Å²) in [5, 5.41) is 3.64. The van der Waals surface area contributed by atoms with Gasteiger partial charge in [-0.3, -0.25) is 4.79 Å². The minimum atomic E-state index is -0.0761. The first-order valence-corrected chi connectivity index (χ1v) is 10.7. The van der Waals surface area contributed by atoms with E-state index < -0.39 is 0 Å². The Morgan fingerprint density at radius 3 is 2.66 bits per heavy atom. The van der Waals surface area contributed by atoms with Crippen molar-refractivity contribution in [3.05, 3.63) is 88.4 Å². The molecule has 0 saturated heterocycles. The molecule has 0 fully saturated rings. The lowest BCUT2D eigenvalue weighted by molar-refractivity contribution is 0.0949. The number of aliphatic imine (C=N–C) groups is 1. The Morgan fingerprint density at radius 2 is 1.86 bits per heavy atom. The van der Waals surface area contributed by atoms with Crippen LogP contribution < -0.4 is 5.32 Å². The molecule has 0 saturated carbocycles. The summed E-state index contributed by atoms with van der Waals surface area (Å²) in [5.41, 5.74) is 4.27. The van der Waals surface area contributed by atoms with Gasteiger partial charge in [-0.1, -0.05) is 67.5 Å². The number of amides is 1. The summed E-state index contributed by atoms with van der Waals surface area (Å²) >= 11 is 7.91. The number of benzene rings is 3. The van der Waals surface area contributed by atoms with Crippen LogP contribution in [0.15, 0.2) is 81.5 Å². The fraction of sp³-hybridized carbons (Fsp3) is 0.167. The number of nitrogens with zero attached hydrogens (tertiary/aromatic N) is 1. The van der Waals surface area contributed by atoms with Gasteiger partial charge in [0.15, 0.2) is 0 Å². The second kappa shape index (κ2) is 8.44. The fourth-order valence-corrected chi connectivity index (χ4v) is 4.33. The number of carbonyl (C=O) groups is 1. The minimum absolute atomic E-state index is 0.0761. The zero-order valence-corrected chi connectivity index (χ0v) is 17.8. The molecule has 0 aliphatic carbocycles. The summed E-state index contributed by atoms with van der Waals surface area (Å²) in [6.45, 7) is 4.80. The third-order valence-electron chi connectivity index (χ3n) is 4.58. The molecule has 0 unspecified atom stereocenters. The molecule has 0 spiro atoms. The molecule has 4 rings (SSSR count). The molecule has 29 heavy (non-hydrogen) atoms. The quantitative estimate of drug-likeness (QED) is 0.417. The molecule has 0 atom stereocenters. The fourth-order valence-electron chi connectivity index (χ4n) is 3.14. The highest BCUT2D eigenvalue weighted by Gasteiger charge is 2.20. The van der Waals surface area contributed by atoms with E-state index in [1.807, 2.05) is 54.6 Å². The smallest absolute Gasteiger partial charge is 0.251 e. The average molecular weight is 421 g/mol. The minimum Gasteiger partial charge on any atom is -0.352 e. The van der Waals surface area contributed by atoms with Gasteiger partial charge in [0.1, 0.15) is 0 Å². The van der Waals surface area contributed by atoms with Crippen molar-refractivity contribution in [2.24, 2.45) is 10.9 Å².